The zero-order valence-electron chi connectivity index (χ0n) is 14.3. The molecule has 1 aromatic heterocycles. The largest absolute Gasteiger partial charge is 0.491 e. The quantitative estimate of drug-likeness (QED) is 0.616. The number of aliphatic hydroxyl groups is 1. The molecule has 2 unspecified atom stereocenters. The lowest BCUT2D eigenvalue weighted by molar-refractivity contribution is 0.0638. The molecule has 6 heteroatoms. The third kappa shape index (κ3) is 4.09. The molecule has 1 aliphatic rings. The standard InChI is InChI=1S/C20H21BrN2O2S/c21-14-5-3-6-16(11-14)25-13-15(24)12-23-10-4-8-18(23)20-22-17-7-1-2-9-19(17)26-20/h1-3,5-7,9,11,15,18,24H,4,8,10,12-13H2. The third-order valence-corrected chi connectivity index (χ3v) is 6.27. The van der Waals surface area contributed by atoms with E-state index >= 15 is 0 Å². The topological polar surface area (TPSA) is 45.6 Å². The predicted octanol–water partition coefficient (Wildman–Crippen LogP) is 4.64. The van der Waals surface area contributed by atoms with Gasteiger partial charge in [-0.15, -0.1) is 11.3 Å². The molecular weight excluding hydrogens is 412 g/mol. The van der Waals surface area contributed by atoms with Crippen molar-refractivity contribution in [2.24, 2.45) is 0 Å². The van der Waals surface area contributed by atoms with Crippen molar-refractivity contribution >= 4 is 37.5 Å². The van der Waals surface area contributed by atoms with Gasteiger partial charge in [-0.25, -0.2) is 4.98 Å². The van der Waals surface area contributed by atoms with Crippen LogP contribution in [0.15, 0.2) is 53.0 Å². The predicted molar refractivity (Wildman–Crippen MR) is 109 cm³/mol. The van der Waals surface area contributed by atoms with Crippen molar-refractivity contribution in [3.8, 4) is 5.75 Å². The van der Waals surface area contributed by atoms with Gasteiger partial charge in [-0.2, -0.15) is 0 Å². The first kappa shape index (κ1) is 17.9. The summed E-state index contributed by atoms with van der Waals surface area (Å²) in [6.45, 7) is 1.89. The summed E-state index contributed by atoms with van der Waals surface area (Å²) in [5.41, 5.74) is 1.07. The molecule has 3 aromatic rings. The fraction of sp³-hybridized carbons (Fsp3) is 0.350. The molecule has 2 heterocycles. The number of hydrogen-bond donors (Lipinski definition) is 1. The van der Waals surface area contributed by atoms with Gasteiger partial charge in [-0.05, 0) is 49.7 Å². The molecule has 0 amide bonds. The molecule has 1 N–H and O–H groups in total. The van der Waals surface area contributed by atoms with Crippen molar-refractivity contribution < 1.29 is 9.84 Å². The van der Waals surface area contributed by atoms with Gasteiger partial charge in [0.05, 0.1) is 16.3 Å². The fourth-order valence-corrected chi connectivity index (χ4v) is 4.94. The van der Waals surface area contributed by atoms with Gasteiger partial charge < -0.3 is 9.84 Å². The van der Waals surface area contributed by atoms with Gasteiger partial charge >= 0.3 is 0 Å². The van der Waals surface area contributed by atoms with Gasteiger partial charge in [0.25, 0.3) is 0 Å². The minimum atomic E-state index is -0.524. The zero-order chi connectivity index (χ0) is 17.9. The first-order valence-electron chi connectivity index (χ1n) is 8.85. The lowest BCUT2D eigenvalue weighted by atomic mass is 10.2. The van der Waals surface area contributed by atoms with Gasteiger partial charge in [0, 0.05) is 11.0 Å². The van der Waals surface area contributed by atoms with Crippen LogP contribution >= 0.6 is 27.3 Å². The van der Waals surface area contributed by atoms with Crippen molar-refractivity contribution in [3.63, 3.8) is 0 Å². The molecule has 4 nitrogen and oxygen atoms in total. The highest BCUT2D eigenvalue weighted by Crippen LogP contribution is 2.36. The van der Waals surface area contributed by atoms with Crippen LogP contribution < -0.4 is 4.74 Å². The molecule has 2 aromatic carbocycles. The number of nitrogens with zero attached hydrogens (tertiary/aromatic N) is 2. The summed E-state index contributed by atoms with van der Waals surface area (Å²) in [4.78, 5) is 7.15. The summed E-state index contributed by atoms with van der Waals surface area (Å²) in [5, 5.41) is 11.6. The van der Waals surface area contributed by atoms with Crippen LogP contribution in [0.5, 0.6) is 5.75 Å². The number of hydrogen-bond acceptors (Lipinski definition) is 5. The molecule has 0 radical (unpaired) electrons. The van der Waals surface area contributed by atoms with Crippen molar-refractivity contribution in [2.75, 3.05) is 19.7 Å². The molecule has 0 saturated carbocycles. The van der Waals surface area contributed by atoms with Gasteiger partial charge in [0.1, 0.15) is 23.5 Å². The number of benzene rings is 2. The Balaban J connectivity index is 1.38. The van der Waals surface area contributed by atoms with Crippen molar-refractivity contribution in [1.29, 1.82) is 0 Å². The first-order chi connectivity index (χ1) is 12.7. The van der Waals surface area contributed by atoms with E-state index < -0.39 is 6.10 Å². The van der Waals surface area contributed by atoms with Crippen LogP contribution in [0.1, 0.15) is 23.9 Å². The highest BCUT2D eigenvalue weighted by molar-refractivity contribution is 9.10. The lowest BCUT2D eigenvalue weighted by Gasteiger charge is -2.25. The Morgan fingerprint density at radius 2 is 2.15 bits per heavy atom. The number of thiazole rings is 1. The number of likely N-dealkylation sites (tertiary alicyclic amines) is 1. The van der Waals surface area contributed by atoms with E-state index in [0.717, 1.165) is 40.1 Å². The van der Waals surface area contributed by atoms with Crippen LogP contribution in [0.3, 0.4) is 0 Å². The molecule has 136 valence electrons. The van der Waals surface area contributed by atoms with Crippen LogP contribution in [-0.4, -0.2) is 40.8 Å². The molecule has 1 fully saturated rings. The van der Waals surface area contributed by atoms with E-state index in [1.54, 1.807) is 11.3 Å². The Morgan fingerprint density at radius 1 is 1.27 bits per heavy atom. The maximum Gasteiger partial charge on any atom is 0.120 e. The van der Waals surface area contributed by atoms with Crippen LogP contribution in [0.4, 0.5) is 0 Å². The number of halogens is 1. The molecule has 2 atom stereocenters. The number of rotatable bonds is 6. The molecule has 0 spiro atoms. The van der Waals surface area contributed by atoms with Crippen LogP contribution in [0, 0.1) is 0 Å². The average molecular weight is 433 g/mol. The molecule has 1 aliphatic heterocycles. The second-order valence-electron chi connectivity index (χ2n) is 6.59. The molecule has 1 saturated heterocycles. The summed E-state index contributed by atoms with van der Waals surface area (Å²) < 4.78 is 7.93. The maximum atomic E-state index is 10.4. The minimum Gasteiger partial charge on any atom is -0.491 e. The van der Waals surface area contributed by atoms with E-state index in [0.29, 0.717) is 19.2 Å². The Bertz CT molecular complexity index is 852. The van der Waals surface area contributed by atoms with E-state index in [9.17, 15) is 5.11 Å². The summed E-state index contributed by atoms with van der Waals surface area (Å²) in [6.07, 6.45) is 1.71. The number of para-hydroxylation sites is 1. The fourth-order valence-electron chi connectivity index (χ4n) is 3.43. The molecule has 0 bridgehead atoms. The maximum absolute atomic E-state index is 10.4. The molecule has 4 rings (SSSR count). The van der Waals surface area contributed by atoms with E-state index in [2.05, 4.69) is 39.0 Å². The van der Waals surface area contributed by atoms with E-state index in [4.69, 9.17) is 9.72 Å². The molecule has 0 aliphatic carbocycles. The van der Waals surface area contributed by atoms with Crippen molar-refractivity contribution in [3.05, 3.63) is 58.0 Å². The SMILES string of the molecule is OC(COc1cccc(Br)c1)CN1CCCC1c1nc2ccccc2s1. The third-order valence-electron chi connectivity index (χ3n) is 4.64. The second-order valence-corrected chi connectivity index (χ2v) is 8.57. The monoisotopic (exact) mass is 432 g/mol. The minimum absolute atomic E-state index is 0.291. The average Bonchev–Trinajstić information content (AvgIpc) is 3.26. The molecular formula is C20H21BrN2O2S. The van der Waals surface area contributed by atoms with Gasteiger partial charge in [0.15, 0.2) is 0 Å². The highest BCUT2D eigenvalue weighted by atomic mass is 79.9. The second kappa shape index (κ2) is 8.05. The Labute approximate surface area is 165 Å². The van der Waals surface area contributed by atoms with E-state index in [1.165, 1.54) is 4.70 Å². The van der Waals surface area contributed by atoms with E-state index in [1.807, 2.05) is 30.3 Å². The van der Waals surface area contributed by atoms with Crippen LogP contribution in [-0.2, 0) is 0 Å². The number of β-amino-alcohol motifs (C(OH)–C–C–N with tert-alkyl or cyclic N) is 1. The lowest BCUT2D eigenvalue weighted by Crippen LogP contribution is -2.35. The number of fused-ring (bicyclic) bond motifs is 1. The number of aliphatic hydroxyl groups excluding tert-OH is 1. The summed E-state index contributed by atoms with van der Waals surface area (Å²) in [6, 6.07) is 16.3. The highest BCUT2D eigenvalue weighted by Gasteiger charge is 2.30. The Kier molecular flexibility index (Phi) is 5.55. The van der Waals surface area contributed by atoms with Crippen molar-refractivity contribution in [1.82, 2.24) is 9.88 Å². The number of aromatic nitrogens is 1. The summed E-state index contributed by atoms with van der Waals surface area (Å²) >= 11 is 5.20. The summed E-state index contributed by atoms with van der Waals surface area (Å²) in [5.74, 6) is 0.766. The van der Waals surface area contributed by atoms with Gasteiger partial charge in [-0.1, -0.05) is 34.1 Å². The van der Waals surface area contributed by atoms with Gasteiger partial charge in [0.2, 0.25) is 0 Å². The summed E-state index contributed by atoms with van der Waals surface area (Å²) in [7, 11) is 0. The van der Waals surface area contributed by atoms with Crippen LogP contribution in [0.2, 0.25) is 0 Å². The number of ether oxygens (including phenoxy) is 1. The van der Waals surface area contributed by atoms with Gasteiger partial charge in [-0.3, -0.25) is 4.90 Å². The molecule has 26 heavy (non-hydrogen) atoms. The Morgan fingerprint density at radius 3 is 3.00 bits per heavy atom. The zero-order valence-corrected chi connectivity index (χ0v) is 16.7. The Hall–Kier alpha value is -1.47. The first-order valence-corrected chi connectivity index (χ1v) is 10.5. The van der Waals surface area contributed by atoms with Crippen LogP contribution in [0.25, 0.3) is 10.2 Å². The van der Waals surface area contributed by atoms with Crippen molar-refractivity contribution in [2.45, 2.75) is 25.0 Å². The normalized spacial score (nSPS) is 19.1. The van der Waals surface area contributed by atoms with E-state index in [-0.39, 0.29) is 0 Å². The smallest absolute Gasteiger partial charge is 0.120 e.